The molecule has 4 saturated carbocycles. The van der Waals surface area contributed by atoms with E-state index in [2.05, 4.69) is 15.6 Å². The second-order valence-electron chi connectivity index (χ2n) is 10.4. The van der Waals surface area contributed by atoms with Crippen molar-refractivity contribution in [2.45, 2.75) is 49.9 Å². The molecule has 5 fully saturated rings. The number of amides is 2. The Morgan fingerprint density at radius 1 is 1.12 bits per heavy atom. The van der Waals surface area contributed by atoms with E-state index in [9.17, 15) is 27.9 Å². The number of carboxylic acid groups (broad SMARTS) is 1. The maximum absolute atomic E-state index is 13.3. The predicted octanol–water partition coefficient (Wildman–Crippen LogP) is 2.55. The van der Waals surface area contributed by atoms with Crippen LogP contribution in [0.4, 0.5) is 23.8 Å². The smallest absolute Gasteiger partial charge is 0.419 e. The van der Waals surface area contributed by atoms with Gasteiger partial charge in [0, 0.05) is 44.0 Å². The molecule has 8 nitrogen and oxygen atoms in total. The Kier molecular flexibility index (Phi) is 5.86. The third-order valence-corrected chi connectivity index (χ3v) is 8.10. The first-order chi connectivity index (χ1) is 16.1. The number of hydrogen-bond acceptors (Lipinski definition) is 5. The monoisotopic (exact) mass is 481 g/mol. The topological polar surface area (TPSA) is 97.8 Å². The molecule has 2 heterocycles. The van der Waals surface area contributed by atoms with Gasteiger partial charge in [0.15, 0.2) is 0 Å². The predicted molar refractivity (Wildman–Crippen MR) is 117 cm³/mol. The van der Waals surface area contributed by atoms with Crippen molar-refractivity contribution in [3.63, 3.8) is 0 Å². The lowest BCUT2D eigenvalue weighted by Gasteiger charge is -2.59. The number of alkyl halides is 3. The summed E-state index contributed by atoms with van der Waals surface area (Å²) in [5, 5.41) is 15.3. The van der Waals surface area contributed by atoms with Crippen LogP contribution < -0.4 is 15.5 Å². The van der Waals surface area contributed by atoms with Gasteiger partial charge in [-0.05, 0) is 62.0 Å². The Hall–Kier alpha value is -2.56. The molecule has 0 spiro atoms. The van der Waals surface area contributed by atoms with Gasteiger partial charge in [0.25, 0.3) is 0 Å². The van der Waals surface area contributed by atoms with Gasteiger partial charge in [-0.25, -0.2) is 9.78 Å². The number of hydrogen-bond donors (Lipinski definition) is 3. The highest BCUT2D eigenvalue weighted by Gasteiger charge is 2.56. The van der Waals surface area contributed by atoms with Crippen LogP contribution in [0.15, 0.2) is 18.3 Å². The summed E-state index contributed by atoms with van der Waals surface area (Å²) in [7, 11) is 0. The number of carbonyl (C=O) groups is 2. The zero-order chi connectivity index (χ0) is 24.1. The minimum absolute atomic E-state index is 0.0587. The Balaban J connectivity index is 1.15. The minimum atomic E-state index is -4.46. The molecule has 4 unspecified atom stereocenters. The summed E-state index contributed by atoms with van der Waals surface area (Å²) in [6, 6.07) is 2.40. The molecular formula is C23H30F3N5O3. The Morgan fingerprint density at radius 3 is 2.41 bits per heavy atom. The average molecular weight is 482 g/mol. The number of anilines is 1. The summed E-state index contributed by atoms with van der Waals surface area (Å²) in [5.74, 6) is 0.947. The summed E-state index contributed by atoms with van der Waals surface area (Å²) in [6.45, 7) is 1.90. The third kappa shape index (κ3) is 4.54. The quantitative estimate of drug-likeness (QED) is 0.598. The van der Waals surface area contributed by atoms with E-state index in [-0.39, 0.29) is 41.7 Å². The fraction of sp³-hybridized carbons (Fsp3) is 0.696. The largest absolute Gasteiger partial charge is 0.465 e. The van der Waals surface area contributed by atoms with Gasteiger partial charge in [0.2, 0.25) is 5.91 Å². The van der Waals surface area contributed by atoms with Crippen LogP contribution in [-0.2, 0) is 11.0 Å². The third-order valence-electron chi connectivity index (χ3n) is 8.10. The molecule has 11 heteroatoms. The highest BCUT2D eigenvalue weighted by Crippen LogP contribution is 2.55. The molecule has 0 radical (unpaired) electrons. The van der Waals surface area contributed by atoms with Gasteiger partial charge in [-0.15, -0.1) is 0 Å². The van der Waals surface area contributed by atoms with E-state index in [0.717, 1.165) is 38.2 Å². The molecule has 1 aromatic heterocycles. The van der Waals surface area contributed by atoms with Crippen LogP contribution in [0.25, 0.3) is 0 Å². The van der Waals surface area contributed by atoms with Crippen molar-refractivity contribution < 1.29 is 27.9 Å². The van der Waals surface area contributed by atoms with Crippen molar-refractivity contribution in [3.05, 3.63) is 23.9 Å². The zero-order valence-electron chi connectivity index (χ0n) is 18.9. The normalized spacial score (nSPS) is 33.1. The number of aromatic nitrogens is 1. The van der Waals surface area contributed by atoms with E-state index in [1.165, 1.54) is 12.3 Å². The Bertz CT molecular complexity index is 934. The maximum atomic E-state index is 13.3. The van der Waals surface area contributed by atoms with Crippen molar-refractivity contribution >= 4 is 17.8 Å². The lowest BCUT2D eigenvalue weighted by molar-refractivity contribution is -0.137. The van der Waals surface area contributed by atoms with Gasteiger partial charge in [0.05, 0.1) is 12.1 Å². The van der Waals surface area contributed by atoms with Crippen molar-refractivity contribution in [2.75, 3.05) is 37.6 Å². The van der Waals surface area contributed by atoms with Crippen LogP contribution in [0.2, 0.25) is 0 Å². The summed E-state index contributed by atoms with van der Waals surface area (Å²) in [4.78, 5) is 31.7. The molecule has 5 atom stereocenters. The van der Waals surface area contributed by atoms with Crippen molar-refractivity contribution in [1.82, 2.24) is 20.5 Å². The molecule has 1 aliphatic heterocycles. The molecule has 4 aliphatic carbocycles. The number of pyridine rings is 1. The standard InChI is InChI=1S/C23H30F3N5O3/c24-23(25,26)17-2-1-3-27-20(17)31-6-4-30(5-7-31)13-18(32)28-19-15-8-14-9-16(19)12-22(10-14,11-15)29-21(33)34/h1-3,14-16,19,29H,4-13H2,(H,28,32)(H,33,34)/t14?,15-,16?,19?,22?/m0/s1. The summed E-state index contributed by atoms with van der Waals surface area (Å²) < 4.78 is 40.0. The summed E-state index contributed by atoms with van der Waals surface area (Å²) >= 11 is 0. The molecule has 3 N–H and O–H groups in total. The molecule has 4 bridgehead atoms. The van der Waals surface area contributed by atoms with Crippen LogP contribution in [0.3, 0.4) is 0 Å². The molecule has 6 rings (SSSR count). The minimum Gasteiger partial charge on any atom is -0.465 e. The van der Waals surface area contributed by atoms with E-state index in [4.69, 9.17) is 0 Å². The van der Waals surface area contributed by atoms with Crippen LogP contribution in [0.5, 0.6) is 0 Å². The number of nitrogens with zero attached hydrogens (tertiary/aromatic N) is 3. The average Bonchev–Trinajstić information content (AvgIpc) is 2.75. The van der Waals surface area contributed by atoms with E-state index in [0.29, 0.717) is 32.1 Å². The maximum Gasteiger partial charge on any atom is 0.419 e. The van der Waals surface area contributed by atoms with E-state index in [1.807, 2.05) is 4.90 Å². The lowest BCUT2D eigenvalue weighted by atomic mass is 9.51. The number of halogens is 3. The van der Waals surface area contributed by atoms with Gasteiger partial charge in [-0.1, -0.05) is 0 Å². The van der Waals surface area contributed by atoms with Crippen molar-refractivity contribution in [2.24, 2.45) is 17.8 Å². The molecule has 5 aliphatic rings. The number of rotatable bonds is 5. The van der Waals surface area contributed by atoms with E-state index >= 15 is 0 Å². The van der Waals surface area contributed by atoms with Gasteiger partial charge < -0.3 is 20.6 Å². The molecule has 0 aromatic carbocycles. The van der Waals surface area contributed by atoms with Gasteiger partial charge in [0.1, 0.15) is 5.82 Å². The molecule has 34 heavy (non-hydrogen) atoms. The van der Waals surface area contributed by atoms with Crippen molar-refractivity contribution in [3.8, 4) is 0 Å². The van der Waals surface area contributed by atoms with Crippen LogP contribution in [-0.4, -0.2) is 71.3 Å². The lowest BCUT2D eigenvalue weighted by Crippen LogP contribution is -2.67. The van der Waals surface area contributed by atoms with Gasteiger partial charge >= 0.3 is 12.3 Å². The zero-order valence-corrected chi connectivity index (χ0v) is 18.9. The first-order valence-electron chi connectivity index (χ1n) is 11.9. The van der Waals surface area contributed by atoms with Crippen molar-refractivity contribution in [1.29, 1.82) is 0 Å². The van der Waals surface area contributed by atoms with Crippen LogP contribution >= 0.6 is 0 Å². The van der Waals surface area contributed by atoms with Crippen LogP contribution in [0.1, 0.15) is 37.7 Å². The van der Waals surface area contributed by atoms with Crippen LogP contribution in [0, 0.1) is 17.8 Å². The first kappa shape index (κ1) is 23.2. The highest BCUT2D eigenvalue weighted by atomic mass is 19.4. The second kappa shape index (κ2) is 8.58. The SMILES string of the molecule is O=C(O)NC12CC3CC(C1)C(NC(=O)CN1CCN(c4ncccc4C(F)(F)F)CC1)[C@@H](C3)C2. The Morgan fingerprint density at radius 2 is 1.79 bits per heavy atom. The first-order valence-corrected chi connectivity index (χ1v) is 11.9. The highest BCUT2D eigenvalue weighted by molar-refractivity contribution is 5.78. The number of piperazine rings is 1. The summed E-state index contributed by atoms with van der Waals surface area (Å²) in [6.07, 6.45) is 0.397. The molecule has 186 valence electrons. The van der Waals surface area contributed by atoms with Gasteiger partial charge in [-0.2, -0.15) is 13.2 Å². The number of carbonyl (C=O) groups excluding carboxylic acids is 1. The second-order valence-corrected chi connectivity index (χ2v) is 10.4. The Labute approximate surface area is 195 Å². The van der Waals surface area contributed by atoms with E-state index < -0.39 is 17.8 Å². The molecule has 1 aromatic rings. The fourth-order valence-corrected chi connectivity index (χ4v) is 7.06. The molecule has 2 amide bonds. The van der Waals surface area contributed by atoms with Gasteiger partial charge in [-0.3, -0.25) is 9.69 Å². The molecule has 1 saturated heterocycles. The number of nitrogens with one attached hydrogen (secondary N) is 2. The molecular weight excluding hydrogens is 451 g/mol. The van der Waals surface area contributed by atoms with E-state index in [1.54, 1.807) is 4.90 Å². The summed E-state index contributed by atoms with van der Waals surface area (Å²) in [5.41, 5.74) is -1.08. The fourth-order valence-electron chi connectivity index (χ4n) is 7.06.